The summed E-state index contributed by atoms with van der Waals surface area (Å²) < 4.78 is 31.7. The van der Waals surface area contributed by atoms with Crippen molar-refractivity contribution in [3.8, 4) is 5.75 Å². The van der Waals surface area contributed by atoms with Crippen molar-refractivity contribution in [2.75, 3.05) is 23.6 Å². The van der Waals surface area contributed by atoms with Gasteiger partial charge in [-0.3, -0.25) is 19.4 Å². The molecule has 0 bridgehead atoms. The lowest BCUT2D eigenvalue weighted by Crippen LogP contribution is -2.38. The van der Waals surface area contributed by atoms with Gasteiger partial charge in [0.1, 0.15) is 23.9 Å². The Kier molecular flexibility index (Phi) is 10.0. The molecule has 0 saturated heterocycles. The summed E-state index contributed by atoms with van der Waals surface area (Å²) in [5, 5.41) is 13.8. The van der Waals surface area contributed by atoms with Crippen LogP contribution in [0.3, 0.4) is 0 Å². The number of amides is 3. The Bertz CT molecular complexity index is 2080. The van der Waals surface area contributed by atoms with Gasteiger partial charge in [-0.25, -0.2) is 23.7 Å². The molecule has 19 heteroatoms. The number of hydrogen-bond acceptors (Lipinski definition) is 13. The standard InChI is InChI=1S/C30H28N7O11P/c1-4-31-27(38)22-14-36-25(18(22)3)26(32-15-33-36)34-23-13-20(6-5-17(23)2)28(39)37(24-11-12-47-35-24)30(41)46-16-45-29(40)19-7-9-21(10-8-19)48-49(42,43)44/h5-15H,4,16H2,1-3H3,(H,31,38)(H,32,33,34)(H2,42,43,44). The van der Waals surface area contributed by atoms with Crippen LogP contribution in [0.4, 0.5) is 22.1 Å². The summed E-state index contributed by atoms with van der Waals surface area (Å²) in [5.41, 5.74) is 2.73. The van der Waals surface area contributed by atoms with Gasteiger partial charge in [0.05, 0.1) is 11.1 Å². The van der Waals surface area contributed by atoms with Crippen molar-refractivity contribution in [2.24, 2.45) is 0 Å². The van der Waals surface area contributed by atoms with Crippen molar-refractivity contribution in [1.82, 2.24) is 25.1 Å². The Morgan fingerprint density at radius 3 is 2.43 bits per heavy atom. The molecule has 5 rings (SSSR count). The van der Waals surface area contributed by atoms with Gasteiger partial charge in [-0.05, 0) is 68.3 Å². The lowest BCUT2D eigenvalue weighted by molar-refractivity contribution is -0.000388. The number of nitrogens with one attached hydrogen (secondary N) is 2. The molecule has 49 heavy (non-hydrogen) atoms. The molecule has 0 radical (unpaired) electrons. The highest BCUT2D eigenvalue weighted by Gasteiger charge is 2.30. The monoisotopic (exact) mass is 693 g/mol. The van der Waals surface area contributed by atoms with Gasteiger partial charge in [0, 0.05) is 30.1 Å². The van der Waals surface area contributed by atoms with Crippen LogP contribution in [-0.4, -0.2) is 66.8 Å². The molecule has 3 heterocycles. The number of carbonyl (C=O) groups is 4. The summed E-state index contributed by atoms with van der Waals surface area (Å²) in [7, 11) is -4.79. The van der Waals surface area contributed by atoms with Crippen LogP contribution >= 0.6 is 7.82 Å². The van der Waals surface area contributed by atoms with Gasteiger partial charge < -0.3 is 29.2 Å². The van der Waals surface area contributed by atoms with E-state index in [2.05, 4.69) is 30.4 Å². The lowest BCUT2D eigenvalue weighted by Gasteiger charge is -2.18. The van der Waals surface area contributed by atoms with Crippen molar-refractivity contribution < 1.29 is 52.1 Å². The summed E-state index contributed by atoms with van der Waals surface area (Å²) in [6, 6.07) is 10.5. The summed E-state index contributed by atoms with van der Waals surface area (Å²) in [4.78, 5) is 74.6. The summed E-state index contributed by atoms with van der Waals surface area (Å²) in [6.45, 7) is 4.91. The highest BCUT2D eigenvalue weighted by Crippen LogP contribution is 2.37. The number of aromatic nitrogens is 4. The van der Waals surface area contributed by atoms with E-state index in [9.17, 15) is 23.7 Å². The first kappa shape index (κ1) is 34.2. The van der Waals surface area contributed by atoms with Gasteiger partial charge in [0.25, 0.3) is 11.8 Å². The highest BCUT2D eigenvalue weighted by atomic mass is 31.2. The van der Waals surface area contributed by atoms with Crippen LogP contribution in [0.5, 0.6) is 5.75 Å². The second-order valence-electron chi connectivity index (χ2n) is 10.1. The molecule has 0 aliphatic heterocycles. The minimum absolute atomic E-state index is 0.0304. The molecular weight excluding hydrogens is 665 g/mol. The van der Waals surface area contributed by atoms with Crippen LogP contribution < -0.4 is 20.1 Å². The number of hydrogen-bond donors (Lipinski definition) is 4. The van der Waals surface area contributed by atoms with Crippen molar-refractivity contribution in [1.29, 1.82) is 0 Å². The Hall–Kier alpha value is -6.10. The van der Waals surface area contributed by atoms with E-state index in [0.717, 1.165) is 18.4 Å². The van der Waals surface area contributed by atoms with Gasteiger partial charge in [-0.15, -0.1) is 0 Å². The molecule has 0 unspecified atom stereocenters. The Morgan fingerprint density at radius 2 is 1.76 bits per heavy atom. The molecular formula is C30H28N7O11P. The third-order valence-electron chi connectivity index (χ3n) is 6.87. The number of phosphoric ester groups is 1. The molecule has 2 aromatic carbocycles. The van der Waals surface area contributed by atoms with Crippen molar-refractivity contribution in [3.63, 3.8) is 0 Å². The fourth-order valence-electron chi connectivity index (χ4n) is 4.56. The first-order valence-corrected chi connectivity index (χ1v) is 15.8. The number of ether oxygens (including phenoxy) is 2. The lowest BCUT2D eigenvalue weighted by atomic mass is 10.1. The second kappa shape index (κ2) is 14.3. The molecule has 0 aliphatic carbocycles. The van der Waals surface area contributed by atoms with Crippen LogP contribution in [0.25, 0.3) is 5.52 Å². The van der Waals surface area contributed by atoms with Gasteiger partial charge >= 0.3 is 19.9 Å². The molecule has 0 aliphatic rings. The molecule has 3 amide bonds. The number of aryl methyl sites for hydroxylation is 2. The third kappa shape index (κ3) is 7.90. The number of anilines is 3. The van der Waals surface area contributed by atoms with E-state index < -0.39 is 32.6 Å². The summed E-state index contributed by atoms with van der Waals surface area (Å²) >= 11 is 0. The zero-order chi connectivity index (χ0) is 35.3. The quantitative estimate of drug-likeness (QED) is 0.0872. The van der Waals surface area contributed by atoms with Crippen molar-refractivity contribution >= 4 is 54.5 Å². The molecule has 4 N–H and O–H groups in total. The van der Waals surface area contributed by atoms with E-state index in [1.54, 1.807) is 26.1 Å². The van der Waals surface area contributed by atoms with Gasteiger partial charge in [-0.1, -0.05) is 11.2 Å². The number of carbonyl (C=O) groups excluding carboxylic acids is 4. The average molecular weight is 694 g/mol. The maximum Gasteiger partial charge on any atom is 0.524 e. The van der Waals surface area contributed by atoms with Crippen LogP contribution in [0.2, 0.25) is 0 Å². The normalized spacial score (nSPS) is 11.1. The van der Waals surface area contributed by atoms with Gasteiger partial charge in [-0.2, -0.15) is 10.00 Å². The number of nitrogens with zero attached hydrogens (tertiary/aromatic N) is 5. The van der Waals surface area contributed by atoms with Crippen LogP contribution in [-0.2, 0) is 14.0 Å². The van der Waals surface area contributed by atoms with Crippen LogP contribution in [0.15, 0.2) is 71.8 Å². The molecule has 254 valence electrons. The molecule has 5 aromatic rings. The molecule has 0 fully saturated rings. The molecule has 0 atom stereocenters. The molecule has 3 aromatic heterocycles. The van der Waals surface area contributed by atoms with Crippen molar-refractivity contribution in [3.05, 3.63) is 95.1 Å². The first-order valence-electron chi connectivity index (χ1n) is 14.3. The molecule has 0 spiro atoms. The van der Waals surface area contributed by atoms with Crippen molar-refractivity contribution in [2.45, 2.75) is 20.8 Å². The van der Waals surface area contributed by atoms with E-state index in [0.29, 0.717) is 45.2 Å². The number of benzene rings is 2. The predicted octanol–water partition coefficient (Wildman–Crippen LogP) is 3.90. The second-order valence-corrected chi connectivity index (χ2v) is 11.3. The average Bonchev–Trinajstić information content (AvgIpc) is 3.70. The zero-order valence-corrected chi connectivity index (χ0v) is 26.9. The number of esters is 1. The third-order valence-corrected chi connectivity index (χ3v) is 7.32. The predicted molar refractivity (Wildman–Crippen MR) is 169 cm³/mol. The van der Waals surface area contributed by atoms with Gasteiger partial charge in [0.15, 0.2) is 11.6 Å². The fourth-order valence-corrected chi connectivity index (χ4v) is 4.95. The minimum Gasteiger partial charge on any atom is -0.424 e. The van der Waals surface area contributed by atoms with Gasteiger partial charge in [0.2, 0.25) is 6.79 Å². The number of rotatable bonds is 11. The SMILES string of the molecule is CCNC(=O)c1cn2ncnc(Nc3cc(C(=O)N(C(=O)OCOC(=O)c4ccc(OP(=O)(O)O)cc4)c4ccon4)ccc3C)c2c1C. The smallest absolute Gasteiger partial charge is 0.424 e. The molecule has 0 saturated carbocycles. The van der Waals surface area contributed by atoms with E-state index in [-0.39, 0.29) is 28.6 Å². The summed E-state index contributed by atoms with van der Waals surface area (Å²) in [5.74, 6) is -2.12. The highest BCUT2D eigenvalue weighted by molar-refractivity contribution is 7.46. The maximum absolute atomic E-state index is 13.7. The summed E-state index contributed by atoms with van der Waals surface area (Å²) in [6.07, 6.45) is 2.80. The minimum atomic E-state index is -4.79. The van der Waals surface area contributed by atoms with Crippen LogP contribution in [0.1, 0.15) is 49.1 Å². The number of phosphoric acid groups is 1. The zero-order valence-electron chi connectivity index (χ0n) is 26.0. The number of fused-ring (bicyclic) bond motifs is 1. The topological polar surface area (TPSA) is 237 Å². The maximum atomic E-state index is 13.7. The Morgan fingerprint density at radius 1 is 1.02 bits per heavy atom. The van der Waals surface area contributed by atoms with E-state index >= 15 is 0 Å². The fraction of sp³-hybridized carbons (Fsp3) is 0.167. The van der Waals surface area contributed by atoms with E-state index in [4.69, 9.17) is 23.8 Å². The Labute approximate surface area is 276 Å². The Balaban J connectivity index is 1.32. The van der Waals surface area contributed by atoms with Crippen LogP contribution in [0, 0.1) is 13.8 Å². The largest absolute Gasteiger partial charge is 0.524 e. The molecule has 18 nitrogen and oxygen atoms in total. The van der Waals surface area contributed by atoms with E-state index in [1.807, 2.05) is 6.92 Å². The first-order chi connectivity index (χ1) is 23.4. The number of imide groups is 1. The van der Waals surface area contributed by atoms with E-state index in [1.165, 1.54) is 41.2 Å².